The van der Waals surface area contributed by atoms with E-state index in [-0.39, 0.29) is 5.56 Å². The van der Waals surface area contributed by atoms with Gasteiger partial charge in [0.25, 0.3) is 0 Å². The molecule has 0 amide bonds. The van der Waals surface area contributed by atoms with E-state index in [9.17, 15) is 14.4 Å². The van der Waals surface area contributed by atoms with Crippen molar-refractivity contribution >= 4 is 17.7 Å². The second-order valence-corrected chi connectivity index (χ2v) is 4.89. The lowest BCUT2D eigenvalue weighted by atomic mass is 10.1. The molecule has 0 spiro atoms. The van der Waals surface area contributed by atoms with Gasteiger partial charge >= 0.3 is 17.1 Å². The summed E-state index contributed by atoms with van der Waals surface area (Å²) in [7, 11) is 1.55. The van der Waals surface area contributed by atoms with Crippen LogP contribution < -0.4 is 11.1 Å². The van der Waals surface area contributed by atoms with E-state index < -0.39 is 17.1 Å². The van der Waals surface area contributed by atoms with Gasteiger partial charge in [0.15, 0.2) is 5.16 Å². The summed E-state index contributed by atoms with van der Waals surface area (Å²) in [5.74, 6) is -0.682. The van der Waals surface area contributed by atoms with E-state index in [0.717, 1.165) is 0 Å². The van der Waals surface area contributed by atoms with Crippen molar-refractivity contribution in [3.05, 3.63) is 56.1 Å². The summed E-state index contributed by atoms with van der Waals surface area (Å²) in [4.78, 5) is 37.0. The Bertz CT molecular complexity index is 766. The van der Waals surface area contributed by atoms with Crippen LogP contribution in [0.25, 0.3) is 0 Å². The molecule has 0 fully saturated rings. The van der Waals surface area contributed by atoms with Crippen molar-refractivity contribution in [3.8, 4) is 0 Å². The first-order valence-corrected chi connectivity index (χ1v) is 6.59. The number of aromatic carboxylic acids is 1. The number of carboxylic acids is 1. The van der Waals surface area contributed by atoms with Crippen LogP contribution in [0.3, 0.4) is 0 Å². The van der Waals surface area contributed by atoms with Gasteiger partial charge in [-0.2, -0.15) is 4.98 Å². The molecule has 2 aromatic rings. The van der Waals surface area contributed by atoms with E-state index in [1.165, 1.54) is 22.5 Å². The van der Waals surface area contributed by atoms with Gasteiger partial charge < -0.3 is 5.11 Å². The van der Waals surface area contributed by atoms with Gasteiger partial charge in [-0.25, -0.2) is 4.79 Å². The molecule has 2 rings (SSSR count). The third kappa shape index (κ3) is 2.97. The molecule has 1 aromatic heterocycles. The Labute approximate surface area is 117 Å². The van der Waals surface area contributed by atoms with Crippen LogP contribution in [0.4, 0.5) is 0 Å². The molecule has 2 N–H and O–H groups in total. The summed E-state index contributed by atoms with van der Waals surface area (Å²) in [6.45, 7) is 0. The largest absolute Gasteiger partial charge is 0.478 e. The van der Waals surface area contributed by atoms with Crippen molar-refractivity contribution in [3.63, 3.8) is 0 Å². The predicted octanol–water partition coefficient (Wildman–Crippen LogP) is 0.459. The number of carboxylic acid groups (broad SMARTS) is 1. The minimum atomic E-state index is -1.01. The summed E-state index contributed by atoms with van der Waals surface area (Å²) in [5, 5.41) is 11.7. The van der Waals surface area contributed by atoms with Crippen molar-refractivity contribution in [2.45, 2.75) is 10.9 Å². The first-order chi connectivity index (χ1) is 9.49. The van der Waals surface area contributed by atoms with Gasteiger partial charge in [-0.1, -0.05) is 30.0 Å². The van der Waals surface area contributed by atoms with Crippen LogP contribution in [-0.2, 0) is 12.8 Å². The normalized spacial score (nSPS) is 10.4. The topological polar surface area (TPSA) is 105 Å². The maximum atomic E-state index is 11.2. The van der Waals surface area contributed by atoms with Gasteiger partial charge in [-0.15, -0.1) is 0 Å². The molecular weight excluding hydrogens is 282 g/mol. The molecule has 0 saturated heterocycles. The quantitative estimate of drug-likeness (QED) is 0.626. The van der Waals surface area contributed by atoms with Crippen LogP contribution in [-0.4, -0.2) is 25.8 Å². The molecule has 1 aromatic carbocycles. The van der Waals surface area contributed by atoms with Gasteiger partial charge in [-0.05, 0) is 11.6 Å². The van der Waals surface area contributed by atoms with Crippen molar-refractivity contribution in [2.75, 3.05) is 0 Å². The summed E-state index contributed by atoms with van der Waals surface area (Å²) in [6, 6.07) is 6.59. The third-order valence-corrected chi connectivity index (χ3v) is 3.63. The van der Waals surface area contributed by atoms with Crippen LogP contribution in [0.15, 0.2) is 39.0 Å². The number of nitrogens with one attached hydrogen (secondary N) is 1. The maximum absolute atomic E-state index is 11.2. The SMILES string of the molecule is Cn1[nH]c(=O)c(=O)nc1SCc1ccccc1C(=O)O. The Balaban J connectivity index is 2.26. The van der Waals surface area contributed by atoms with Crippen LogP contribution in [0.1, 0.15) is 15.9 Å². The number of hydrogen-bond acceptors (Lipinski definition) is 5. The molecule has 20 heavy (non-hydrogen) atoms. The summed E-state index contributed by atoms with van der Waals surface area (Å²) in [5.41, 5.74) is -0.834. The third-order valence-electron chi connectivity index (χ3n) is 2.55. The van der Waals surface area contributed by atoms with Crippen LogP contribution in [0.5, 0.6) is 0 Å². The Morgan fingerprint density at radius 1 is 1.40 bits per heavy atom. The summed E-state index contributed by atoms with van der Waals surface area (Å²) < 4.78 is 1.33. The second-order valence-electron chi connectivity index (χ2n) is 3.95. The number of thioether (sulfide) groups is 1. The number of hydrogen-bond donors (Lipinski definition) is 2. The van der Waals surface area contributed by atoms with E-state index in [0.29, 0.717) is 16.5 Å². The van der Waals surface area contributed by atoms with Gasteiger partial charge in [0.1, 0.15) is 0 Å². The lowest BCUT2D eigenvalue weighted by Crippen LogP contribution is -2.33. The Morgan fingerprint density at radius 3 is 2.80 bits per heavy atom. The fourth-order valence-electron chi connectivity index (χ4n) is 1.59. The minimum absolute atomic E-state index is 0.203. The molecule has 0 aliphatic rings. The van der Waals surface area contributed by atoms with E-state index in [4.69, 9.17) is 5.11 Å². The van der Waals surface area contributed by atoms with Crippen LogP contribution in [0.2, 0.25) is 0 Å². The molecule has 8 heteroatoms. The number of rotatable bonds is 4. The van der Waals surface area contributed by atoms with Gasteiger partial charge in [0, 0.05) is 12.8 Å². The standard InChI is InChI=1S/C12H11N3O4S/c1-15-12(13-9(16)10(17)14-15)20-6-7-4-2-3-5-8(7)11(18)19/h2-5H,6H2,1H3,(H,14,17)(H,18,19). The van der Waals surface area contributed by atoms with Crippen molar-refractivity contribution in [1.29, 1.82) is 0 Å². The highest BCUT2D eigenvalue weighted by molar-refractivity contribution is 7.98. The fraction of sp³-hybridized carbons (Fsp3) is 0.167. The molecule has 0 unspecified atom stereocenters. The smallest absolute Gasteiger partial charge is 0.339 e. The van der Waals surface area contributed by atoms with E-state index in [2.05, 4.69) is 10.1 Å². The molecular formula is C12H11N3O4S. The highest BCUT2D eigenvalue weighted by Gasteiger charge is 2.11. The van der Waals surface area contributed by atoms with Crippen LogP contribution >= 0.6 is 11.8 Å². The molecule has 0 radical (unpaired) electrons. The molecule has 0 saturated carbocycles. The monoisotopic (exact) mass is 293 g/mol. The molecule has 1 heterocycles. The Morgan fingerprint density at radius 2 is 2.10 bits per heavy atom. The second kappa shape index (κ2) is 5.74. The maximum Gasteiger partial charge on any atom is 0.339 e. The number of nitrogens with zero attached hydrogens (tertiary/aromatic N) is 2. The zero-order valence-corrected chi connectivity index (χ0v) is 11.3. The zero-order valence-electron chi connectivity index (χ0n) is 10.5. The number of benzene rings is 1. The van der Waals surface area contributed by atoms with Gasteiger partial charge in [0.2, 0.25) is 0 Å². The van der Waals surface area contributed by atoms with Crippen molar-refractivity contribution in [1.82, 2.24) is 14.8 Å². The lowest BCUT2D eigenvalue weighted by molar-refractivity contribution is 0.0696. The Hall–Kier alpha value is -2.35. The molecule has 0 bridgehead atoms. The number of aromatic nitrogens is 3. The van der Waals surface area contributed by atoms with Gasteiger partial charge in [0.05, 0.1) is 5.56 Å². The number of H-pyrrole nitrogens is 1. The van der Waals surface area contributed by atoms with Gasteiger partial charge in [-0.3, -0.25) is 19.4 Å². The van der Waals surface area contributed by atoms with Crippen molar-refractivity contribution < 1.29 is 9.90 Å². The molecule has 0 atom stereocenters. The molecule has 7 nitrogen and oxygen atoms in total. The number of aryl methyl sites for hydroxylation is 1. The number of carbonyl (C=O) groups is 1. The minimum Gasteiger partial charge on any atom is -0.478 e. The first-order valence-electron chi connectivity index (χ1n) is 5.60. The van der Waals surface area contributed by atoms with Crippen LogP contribution in [0, 0.1) is 0 Å². The highest BCUT2D eigenvalue weighted by atomic mass is 32.2. The predicted molar refractivity (Wildman–Crippen MR) is 73.1 cm³/mol. The first kappa shape index (κ1) is 14.1. The average molecular weight is 293 g/mol. The molecule has 0 aliphatic heterocycles. The summed E-state index contributed by atoms with van der Waals surface area (Å²) >= 11 is 1.17. The molecule has 0 aliphatic carbocycles. The van der Waals surface area contributed by atoms with E-state index in [1.54, 1.807) is 25.2 Å². The molecule has 104 valence electrons. The summed E-state index contributed by atoms with van der Waals surface area (Å²) in [6.07, 6.45) is 0. The Kier molecular flexibility index (Phi) is 4.04. The average Bonchev–Trinajstić information content (AvgIpc) is 2.41. The fourth-order valence-corrected chi connectivity index (χ4v) is 2.51. The van der Waals surface area contributed by atoms with E-state index in [1.807, 2.05) is 0 Å². The van der Waals surface area contributed by atoms with Crippen molar-refractivity contribution in [2.24, 2.45) is 7.05 Å². The van der Waals surface area contributed by atoms with E-state index >= 15 is 0 Å². The highest BCUT2D eigenvalue weighted by Crippen LogP contribution is 2.21. The number of aromatic amines is 1. The lowest BCUT2D eigenvalue weighted by Gasteiger charge is -2.07. The zero-order chi connectivity index (χ0) is 14.7.